The van der Waals surface area contributed by atoms with Crippen molar-refractivity contribution >= 4 is 29.0 Å². The van der Waals surface area contributed by atoms with Crippen LogP contribution in [0.1, 0.15) is 47.8 Å². The monoisotopic (exact) mass is 691 g/mol. The average Bonchev–Trinajstić information content (AvgIpc) is 3.64. The highest BCUT2D eigenvalue weighted by Crippen LogP contribution is 2.37. The van der Waals surface area contributed by atoms with Crippen molar-refractivity contribution in [1.82, 2.24) is 39.7 Å². The Morgan fingerprint density at radius 3 is 2.63 bits per heavy atom. The number of carboxylic acids is 1. The number of nitrogens with zero attached hydrogens (tertiary/aromatic N) is 6. The molecule has 4 heterocycles. The van der Waals surface area contributed by atoms with Crippen molar-refractivity contribution in [2.24, 2.45) is 5.92 Å². The van der Waals surface area contributed by atoms with Crippen LogP contribution in [0.15, 0.2) is 43.0 Å². The summed E-state index contributed by atoms with van der Waals surface area (Å²) in [4.78, 5) is 34.8. The summed E-state index contributed by atoms with van der Waals surface area (Å²) < 4.78 is 69.1. The number of nitrogens with one attached hydrogen (secondary N) is 3. The van der Waals surface area contributed by atoms with E-state index in [1.165, 1.54) is 23.0 Å². The van der Waals surface area contributed by atoms with Crippen LogP contribution >= 0.6 is 0 Å². The summed E-state index contributed by atoms with van der Waals surface area (Å²) in [6, 6.07) is 5.16. The van der Waals surface area contributed by atoms with E-state index in [0.29, 0.717) is 41.4 Å². The average molecular weight is 692 g/mol. The smallest absolute Gasteiger partial charge is 0.435 e. The van der Waals surface area contributed by atoms with E-state index in [1.807, 2.05) is 11.8 Å². The second-order valence-electron chi connectivity index (χ2n) is 11.9. The zero-order chi connectivity index (χ0) is 35.1. The van der Waals surface area contributed by atoms with Gasteiger partial charge in [-0.05, 0) is 55.5 Å². The first-order chi connectivity index (χ1) is 23.4. The Hall–Kier alpha value is -4.64. The van der Waals surface area contributed by atoms with Gasteiger partial charge in [-0.25, -0.2) is 18.7 Å². The van der Waals surface area contributed by atoms with Gasteiger partial charge in [0, 0.05) is 56.0 Å². The van der Waals surface area contributed by atoms with E-state index in [9.17, 15) is 36.6 Å². The molecule has 5 rings (SSSR count). The van der Waals surface area contributed by atoms with E-state index < -0.39 is 36.4 Å². The lowest BCUT2D eigenvalue weighted by atomic mass is 10.0. The molecule has 17 heteroatoms. The summed E-state index contributed by atoms with van der Waals surface area (Å²) in [5.74, 6) is -0.348. The summed E-state index contributed by atoms with van der Waals surface area (Å²) in [6.07, 6.45) is 0.0953. The van der Waals surface area contributed by atoms with Crippen LogP contribution in [-0.2, 0) is 23.9 Å². The minimum atomic E-state index is -4.89. The van der Waals surface area contributed by atoms with Gasteiger partial charge in [0.2, 0.25) is 0 Å². The molecule has 0 radical (unpaired) electrons. The van der Waals surface area contributed by atoms with Crippen LogP contribution in [0.25, 0.3) is 16.9 Å². The second kappa shape index (κ2) is 15.7. The number of amides is 1. The minimum absolute atomic E-state index is 0.00152. The summed E-state index contributed by atoms with van der Waals surface area (Å²) in [5, 5.41) is 21.8. The van der Waals surface area contributed by atoms with Crippen molar-refractivity contribution in [1.29, 1.82) is 0 Å². The van der Waals surface area contributed by atoms with E-state index in [0.717, 1.165) is 50.7 Å². The third kappa shape index (κ3) is 9.08. The van der Waals surface area contributed by atoms with Crippen molar-refractivity contribution in [3.05, 3.63) is 59.8 Å². The lowest BCUT2D eigenvalue weighted by molar-refractivity contribution is -0.141. The molecule has 49 heavy (non-hydrogen) atoms. The molecule has 1 aliphatic rings. The van der Waals surface area contributed by atoms with Gasteiger partial charge in [-0.1, -0.05) is 13.3 Å². The molecular formula is C32H38F5N9O3. The van der Waals surface area contributed by atoms with Crippen LogP contribution in [-0.4, -0.2) is 91.7 Å². The van der Waals surface area contributed by atoms with E-state index in [-0.39, 0.29) is 29.6 Å². The standard InChI is InChI=1S/C32H38F5N9O3/c1-2-21-12-22(6-7-23(21)31(49)40-8-4-3-5-10-44(19-27(47)48)16-20-13-38-14-20)42-29-30-41-15-25(46(30)11-9-39-29)24-17-45(18-26(33)34)43-28(24)32(35,36)37/h6-7,9,11-12,15,17,20,26,38H,2-5,8,10,13-14,16,18-19H2,1H3,(H,39,42)(H,40,49)(H,47,48). The van der Waals surface area contributed by atoms with Gasteiger partial charge in [0.25, 0.3) is 12.3 Å². The molecule has 0 unspecified atom stereocenters. The lowest BCUT2D eigenvalue weighted by Gasteiger charge is -2.32. The first kappa shape index (κ1) is 35.7. The summed E-state index contributed by atoms with van der Waals surface area (Å²) in [5.41, 5.74) is 0.323. The van der Waals surface area contributed by atoms with Crippen LogP contribution in [0, 0.1) is 5.92 Å². The number of fused-ring (bicyclic) bond motifs is 1. The Morgan fingerprint density at radius 2 is 1.96 bits per heavy atom. The molecule has 1 aromatic carbocycles. The van der Waals surface area contributed by atoms with Crippen LogP contribution < -0.4 is 16.0 Å². The van der Waals surface area contributed by atoms with Gasteiger partial charge in [0.15, 0.2) is 17.2 Å². The molecule has 0 spiro atoms. The van der Waals surface area contributed by atoms with Crippen molar-refractivity contribution in [2.45, 2.75) is 51.8 Å². The highest BCUT2D eigenvalue weighted by atomic mass is 19.4. The van der Waals surface area contributed by atoms with Crippen LogP contribution in [0.4, 0.5) is 33.5 Å². The number of carbonyl (C=O) groups excluding carboxylic acids is 1. The fourth-order valence-electron chi connectivity index (χ4n) is 5.79. The van der Waals surface area contributed by atoms with Crippen LogP contribution in [0.2, 0.25) is 0 Å². The van der Waals surface area contributed by atoms with Crippen LogP contribution in [0.5, 0.6) is 0 Å². The van der Waals surface area contributed by atoms with Gasteiger partial charge in [0.05, 0.1) is 24.0 Å². The second-order valence-corrected chi connectivity index (χ2v) is 11.9. The molecule has 4 aromatic rings. The molecule has 4 N–H and O–H groups in total. The molecule has 12 nitrogen and oxygen atoms in total. The first-order valence-corrected chi connectivity index (χ1v) is 16.0. The predicted octanol–water partition coefficient (Wildman–Crippen LogP) is 4.69. The maximum absolute atomic E-state index is 13.8. The van der Waals surface area contributed by atoms with Crippen molar-refractivity contribution in [2.75, 3.05) is 44.6 Å². The molecule has 0 atom stereocenters. The topological polar surface area (TPSA) is 142 Å². The number of imidazole rings is 1. The highest BCUT2D eigenvalue weighted by Gasteiger charge is 2.38. The zero-order valence-electron chi connectivity index (χ0n) is 26.8. The number of hydrogen-bond donors (Lipinski definition) is 4. The number of carbonyl (C=O) groups is 2. The molecule has 0 aliphatic carbocycles. The van der Waals surface area contributed by atoms with Gasteiger partial charge in [-0.15, -0.1) is 0 Å². The number of anilines is 2. The van der Waals surface area contributed by atoms with E-state index >= 15 is 0 Å². The summed E-state index contributed by atoms with van der Waals surface area (Å²) >= 11 is 0. The molecule has 264 valence electrons. The third-order valence-electron chi connectivity index (χ3n) is 8.23. The lowest BCUT2D eigenvalue weighted by Crippen LogP contribution is -2.49. The Kier molecular flexibility index (Phi) is 11.4. The van der Waals surface area contributed by atoms with Crippen molar-refractivity contribution in [3.63, 3.8) is 0 Å². The summed E-state index contributed by atoms with van der Waals surface area (Å²) in [7, 11) is 0. The molecule has 1 aliphatic heterocycles. The highest BCUT2D eigenvalue weighted by molar-refractivity contribution is 5.96. The zero-order valence-corrected chi connectivity index (χ0v) is 26.8. The third-order valence-corrected chi connectivity index (χ3v) is 8.23. The number of aryl methyl sites for hydroxylation is 1. The fraction of sp³-hybridized carbons (Fsp3) is 0.469. The molecule has 0 bridgehead atoms. The first-order valence-electron chi connectivity index (χ1n) is 16.0. The number of aliphatic carboxylic acids is 1. The Balaban J connectivity index is 1.21. The Labute approximate surface area is 278 Å². The van der Waals surface area contributed by atoms with Gasteiger partial charge < -0.3 is 21.1 Å². The molecule has 1 fully saturated rings. The van der Waals surface area contributed by atoms with Gasteiger partial charge >= 0.3 is 12.1 Å². The van der Waals surface area contributed by atoms with Gasteiger partial charge in [-0.2, -0.15) is 18.3 Å². The normalized spacial score (nSPS) is 13.7. The fourth-order valence-corrected chi connectivity index (χ4v) is 5.79. The van der Waals surface area contributed by atoms with Crippen molar-refractivity contribution in [3.8, 4) is 11.3 Å². The Morgan fingerprint density at radius 1 is 1.16 bits per heavy atom. The SMILES string of the molecule is CCc1cc(Nc2nccn3c(-c4cn(CC(F)F)nc4C(F)(F)F)cnc23)ccc1C(=O)NCCCCCN(CC(=O)O)CC1CNC1. The number of halogens is 5. The maximum Gasteiger partial charge on any atom is 0.435 e. The number of rotatable bonds is 17. The van der Waals surface area contributed by atoms with E-state index in [1.54, 1.807) is 18.2 Å². The largest absolute Gasteiger partial charge is 0.480 e. The minimum Gasteiger partial charge on any atom is -0.480 e. The molecular weight excluding hydrogens is 653 g/mol. The van der Waals surface area contributed by atoms with Gasteiger partial charge in [-0.3, -0.25) is 23.6 Å². The number of aromatic nitrogens is 5. The number of carboxylic acid groups (broad SMARTS) is 1. The molecule has 1 amide bonds. The molecule has 3 aromatic heterocycles. The van der Waals surface area contributed by atoms with Gasteiger partial charge in [0.1, 0.15) is 6.54 Å². The van der Waals surface area contributed by atoms with Crippen molar-refractivity contribution < 1.29 is 36.6 Å². The number of benzene rings is 1. The summed E-state index contributed by atoms with van der Waals surface area (Å²) in [6.45, 7) is 4.68. The van der Waals surface area contributed by atoms with Crippen LogP contribution in [0.3, 0.4) is 0 Å². The van der Waals surface area contributed by atoms with E-state index in [4.69, 9.17) is 0 Å². The van der Waals surface area contributed by atoms with E-state index in [2.05, 4.69) is 31.0 Å². The number of hydrogen-bond acceptors (Lipinski definition) is 8. The number of alkyl halides is 5. The maximum atomic E-state index is 13.8. The number of unbranched alkanes of at least 4 members (excludes halogenated alkanes) is 2. The molecule has 0 saturated carbocycles. The predicted molar refractivity (Wildman–Crippen MR) is 171 cm³/mol. The molecule has 1 saturated heterocycles. The quantitative estimate of drug-likeness (QED) is 0.0917. The Bertz CT molecular complexity index is 1750.